The Kier molecular flexibility index (Phi) is 5.93. The molecule has 2 aromatic rings. The number of fused-ring (bicyclic) bond motifs is 3. The molecular weight excluding hydrogens is 386 g/mol. The van der Waals surface area contributed by atoms with Gasteiger partial charge in [0.05, 0.1) is 17.1 Å². The van der Waals surface area contributed by atoms with Crippen molar-refractivity contribution in [2.24, 2.45) is 5.92 Å². The van der Waals surface area contributed by atoms with E-state index in [1.54, 1.807) is 6.07 Å². The number of carbonyl (C=O) groups is 1. The number of hydrogen-bond donors (Lipinski definition) is 2. The van der Waals surface area contributed by atoms with Gasteiger partial charge in [-0.05, 0) is 68.2 Å². The SMILES string of the molecule is O=C(CC1CCCCC1)Nc1nc2c(nc1C1CCCCC1)-c1ccc(O)cc1CC2. The molecule has 3 aliphatic carbocycles. The van der Waals surface area contributed by atoms with E-state index in [2.05, 4.69) is 5.32 Å². The summed E-state index contributed by atoms with van der Waals surface area (Å²) in [7, 11) is 0. The number of amides is 1. The molecule has 0 saturated heterocycles. The van der Waals surface area contributed by atoms with E-state index < -0.39 is 0 Å². The highest BCUT2D eigenvalue weighted by molar-refractivity contribution is 5.90. The molecule has 5 nitrogen and oxygen atoms in total. The number of anilines is 1. The zero-order valence-electron chi connectivity index (χ0n) is 18.3. The largest absolute Gasteiger partial charge is 0.508 e. The fraction of sp³-hybridized carbons (Fsp3) is 0.577. The Hall–Kier alpha value is -2.43. The van der Waals surface area contributed by atoms with E-state index >= 15 is 0 Å². The number of phenols is 1. The van der Waals surface area contributed by atoms with Crippen molar-refractivity contribution in [1.82, 2.24) is 9.97 Å². The lowest BCUT2D eigenvalue weighted by Crippen LogP contribution is -2.22. The zero-order valence-corrected chi connectivity index (χ0v) is 18.3. The maximum Gasteiger partial charge on any atom is 0.225 e. The summed E-state index contributed by atoms with van der Waals surface area (Å²) in [5.74, 6) is 1.97. The van der Waals surface area contributed by atoms with Gasteiger partial charge in [-0.1, -0.05) is 38.5 Å². The second-order valence-electron chi connectivity index (χ2n) is 9.69. The highest BCUT2D eigenvalue weighted by atomic mass is 16.3. The van der Waals surface area contributed by atoms with Crippen LogP contribution in [0.15, 0.2) is 18.2 Å². The fourth-order valence-electron chi connectivity index (χ4n) is 5.73. The molecule has 0 aliphatic heterocycles. The van der Waals surface area contributed by atoms with E-state index in [4.69, 9.17) is 9.97 Å². The van der Waals surface area contributed by atoms with Crippen molar-refractivity contribution in [2.75, 3.05) is 5.32 Å². The molecule has 5 rings (SSSR count). The van der Waals surface area contributed by atoms with Gasteiger partial charge in [0.25, 0.3) is 0 Å². The highest BCUT2D eigenvalue weighted by Crippen LogP contribution is 2.39. The molecule has 0 radical (unpaired) electrons. The van der Waals surface area contributed by atoms with Crippen LogP contribution in [-0.2, 0) is 17.6 Å². The molecule has 2 fully saturated rings. The summed E-state index contributed by atoms with van der Waals surface area (Å²) < 4.78 is 0. The molecule has 0 atom stereocenters. The van der Waals surface area contributed by atoms with Crippen LogP contribution >= 0.6 is 0 Å². The summed E-state index contributed by atoms with van der Waals surface area (Å²) >= 11 is 0. The monoisotopic (exact) mass is 419 g/mol. The van der Waals surface area contributed by atoms with Crippen LogP contribution in [0, 0.1) is 5.92 Å². The van der Waals surface area contributed by atoms with Crippen LogP contribution in [0.3, 0.4) is 0 Å². The minimum absolute atomic E-state index is 0.0966. The summed E-state index contributed by atoms with van der Waals surface area (Å²) in [5, 5.41) is 13.1. The van der Waals surface area contributed by atoms with Crippen LogP contribution in [0.25, 0.3) is 11.3 Å². The van der Waals surface area contributed by atoms with Crippen LogP contribution in [0.2, 0.25) is 0 Å². The van der Waals surface area contributed by atoms with E-state index in [0.29, 0.717) is 29.8 Å². The maximum absolute atomic E-state index is 12.9. The number of aromatic nitrogens is 2. The van der Waals surface area contributed by atoms with Crippen molar-refractivity contribution >= 4 is 11.7 Å². The van der Waals surface area contributed by atoms with Gasteiger partial charge in [-0.25, -0.2) is 9.97 Å². The number of phenolic OH excluding ortho intramolecular Hbond substituents is 1. The Morgan fingerprint density at radius 2 is 1.71 bits per heavy atom. The predicted molar refractivity (Wildman–Crippen MR) is 122 cm³/mol. The van der Waals surface area contributed by atoms with Crippen LogP contribution < -0.4 is 5.32 Å². The molecule has 2 N–H and O–H groups in total. The number of nitrogens with one attached hydrogen (secondary N) is 1. The van der Waals surface area contributed by atoms with Crippen molar-refractivity contribution in [3.05, 3.63) is 35.2 Å². The number of aromatic hydroxyl groups is 1. The lowest BCUT2D eigenvalue weighted by molar-refractivity contribution is -0.117. The third-order valence-corrected chi connectivity index (χ3v) is 7.42. The van der Waals surface area contributed by atoms with Gasteiger partial charge < -0.3 is 10.4 Å². The Labute approximate surface area is 184 Å². The topological polar surface area (TPSA) is 75.1 Å². The van der Waals surface area contributed by atoms with Gasteiger partial charge in [0.15, 0.2) is 5.82 Å². The minimum atomic E-state index is 0.0966. The number of carbonyl (C=O) groups excluding carboxylic acids is 1. The Morgan fingerprint density at radius 3 is 2.48 bits per heavy atom. The van der Waals surface area contributed by atoms with Crippen LogP contribution in [0.1, 0.15) is 93.5 Å². The van der Waals surface area contributed by atoms with Crippen LogP contribution in [-0.4, -0.2) is 21.0 Å². The third-order valence-electron chi connectivity index (χ3n) is 7.42. The number of aryl methyl sites for hydroxylation is 2. The summed E-state index contributed by atoms with van der Waals surface area (Å²) in [5.41, 5.74) is 5.07. The molecule has 1 aromatic heterocycles. The van der Waals surface area contributed by atoms with E-state index in [-0.39, 0.29) is 5.91 Å². The molecule has 0 unspecified atom stereocenters. The standard InChI is InChI=1S/C26H33N3O2/c30-20-12-13-21-19(16-20)11-14-22-25(21)29-24(18-9-5-2-6-10-18)26(27-22)28-23(31)15-17-7-3-1-4-8-17/h12-13,16-18,30H,1-11,14-15H2,(H,27,28,31). The molecule has 0 bridgehead atoms. The van der Waals surface area contributed by atoms with E-state index in [1.807, 2.05) is 12.1 Å². The fourth-order valence-corrected chi connectivity index (χ4v) is 5.73. The number of benzene rings is 1. The first-order chi connectivity index (χ1) is 15.2. The molecule has 0 spiro atoms. The van der Waals surface area contributed by atoms with Gasteiger partial charge in [-0.3, -0.25) is 4.79 Å². The molecular formula is C26H33N3O2. The summed E-state index contributed by atoms with van der Waals surface area (Å²) in [6.07, 6.45) is 14.3. The first-order valence-corrected chi connectivity index (χ1v) is 12.2. The van der Waals surface area contributed by atoms with E-state index in [0.717, 1.165) is 53.9 Å². The summed E-state index contributed by atoms with van der Waals surface area (Å²) in [6, 6.07) is 5.54. The number of nitrogens with zero attached hydrogens (tertiary/aromatic N) is 2. The van der Waals surface area contributed by atoms with Gasteiger partial charge in [0, 0.05) is 17.9 Å². The normalized spacial score (nSPS) is 19.5. The summed E-state index contributed by atoms with van der Waals surface area (Å²) in [4.78, 5) is 23.0. The predicted octanol–water partition coefficient (Wildman–Crippen LogP) is 5.90. The van der Waals surface area contributed by atoms with Gasteiger partial charge in [-0.15, -0.1) is 0 Å². The van der Waals surface area contributed by atoms with E-state index in [9.17, 15) is 9.90 Å². The van der Waals surface area contributed by atoms with Gasteiger partial charge in [-0.2, -0.15) is 0 Å². The molecule has 31 heavy (non-hydrogen) atoms. The quantitative estimate of drug-likeness (QED) is 0.646. The first kappa shape index (κ1) is 20.5. The Balaban J connectivity index is 1.46. The van der Waals surface area contributed by atoms with Crippen molar-refractivity contribution in [3.63, 3.8) is 0 Å². The molecule has 2 saturated carbocycles. The van der Waals surface area contributed by atoms with Crippen LogP contribution in [0.5, 0.6) is 5.75 Å². The van der Waals surface area contributed by atoms with Gasteiger partial charge in [0.1, 0.15) is 5.75 Å². The Morgan fingerprint density at radius 1 is 0.968 bits per heavy atom. The first-order valence-electron chi connectivity index (χ1n) is 12.2. The third kappa shape index (κ3) is 4.46. The lowest BCUT2D eigenvalue weighted by atomic mass is 9.85. The highest BCUT2D eigenvalue weighted by Gasteiger charge is 2.28. The summed E-state index contributed by atoms with van der Waals surface area (Å²) in [6.45, 7) is 0. The molecule has 1 amide bonds. The second-order valence-corrected chi connectivity index (χ2v) is 9.69. The van der Waals surface area contributed by atoms with Crippen LogP contribution in [0.4, 0.5) is 5.82 Å². The maximum atomic E-state index is 12.9. The smallest absolute Gasteiger partial charge is 0.225 e. The molecule has 1 aromatic carbocycles. The minimum Gasteiger partial charge on any atom is -0.508 e. The number of rotatable bonds is 4. The molecule has 5 heteroatoms. The average Bonchev–Trinajstić information content (AvgIpc) is 2.79. The zero-order chi connectivity index (χ0) is 21.2. The van der Waals surface area contributed by atoms with E-state index in [1.165, 1.54) is 51.4 Å². The lowest BCUT2D eigenvalue weighted by Gasteiger charge is -2.27. The Bertz CT molecular complexity index is 959. The van der Waals surface area contributed by atoms with Gasteiger partial charge >= 0.3 is 0 Å². The average molecular weight is 420 g/mol. The molecule has 1 heterocycles. The molecule has 3 aliphatic rings. The number of hydrogen-bond acceptors (Lipinski definition) is 4. The van der Waals surface area contributed by atoms with Crippen molar-refractivity contribution < 1.29 is 9.90 Å². The molecule has 164 valence electrons. The van der Waals surface area contributed by atoms with Crippen molar-refractivity contribution in [3.8, 4) is 17.0 Å². The van der Waals surface area contributed by atoms with Crippen molar-refractivity contribution in [1.29, 1.82) is 0 Å². The van der Waals surface area contributed by atoms with Crippen molar-refractivity contribution in [2.45, 2.75) is 89.4 Å². The van der Waals surface area contributed by atoms with Gasteiger partial charge in [0.2, 0.25) is 5.91 Å². The second kappa shape index (κ2) is 8.97.